The Kier molecular flexibility index (Phi) is 3.59. The number of fused-ring (bicyclic) bond motifs is 1. The van der Waals surface area contributed by atoms with Crippen molar-refractivity contribution in [3.8, 4) is 11.3 Å². The molecule has 0 radical (unpaired) electrons. The summed E-state index contributed by atoms with van der Waals surface area (Å²) in [5.74, 6) is 0.752. The van der Waals surface area contributed by atoms with Gasteiger partial charge in [0.25, 0.3) is 0 Å². The number of hydrogen-bond acceptors (Lipinski definition) is 3. The fraction of sp³-hybridized carbons (Fsp3) is 0.429. The van der Waals surface area contributed by atoms with Gasteiger partial charge in [-0.2, -0.15) is 0 Å². The van der Waals surface area contributed by atoms with Crippen molar-refractivity contribution >= 4 is 11.0 Å². The second-order valence-electron chi connectivity index (χ2n) is 7.67. The summed E-state index contributed by atoms with van der Waals surface area (Å²) >= 11 is 0. The Bertz CT molecular complexity index is 901. The van der Waals surface area contributed by atoms with E-state index in [4.69, 9.17) is 5.73 Å². The molecule has 3 aromatic rings. The lowest BCUT2D eigenvalue weighted by atomic mass is 9.91. The van der Waals surface area contributed by atoms with Crippen molar-refractivity contribution in [2.24, 2.45) is 5.73 Å². The maximum absolute atomic E-state index is 6.07. The number of imidazole rings is 1. The standard InChI is InChI=1S/C21H24N4/c22-17-4-6-18(7-5-17)25-13-24-19-8-3-16(12-21(19)25)20-11-15(9-10-23-20)14-1-2-14/h3,8-14,17-18H,1-2,4-7,22H2. The van der Waals surface area contributed by atoms with Crippen LogP contribution in [0, 0.1) is 0 Å². The van der Waals surface area contributed by atoms with Crippen LogP contribution in [0.5, 0.6) is 0 Å². The Labute approximate surface area is 148 Å². The molecule has 2 N–H and O–H groups in total. The van der Waals surface area contributed by atoms with Crippen LogP contribution in [-0.2, 0) is 0 Å². The summed E-state index contributed by atoms with van der Waals surface area (Å²) in [7, 11) is 0. The average Bonchev–Trinajstić information content (AvgIpc) is 3.42. The summed E-state index contributed by atoms with van der Waals surface area (Å²) in [5, 5.41) is 0. The van der Waals surface area contributed by atoms with Gasteiger partial charge >= 0.3 is 0 Å². The number of pyridine rings is 1. The Balaban J connectivity index is 1.52. The second-order valence-corrected chi connectivity index (χ2v) is 7.67. The van der Waals surface area contributed by atoms with Gasteiger partial charge in [0.2, 0.25) is 0 Å². The highest BCUT2D eigenvalue weighted by molar-refractivity contribution is 5.81. The van der Waals surface area contributed by atoms with E-state index in [9.17, 15) is 0 Å². The van der Waals surface area contributed by atoms with Gasteiger partial charge in [0.1, 0.15) is 0 Å². The van der Waals surface area contributed by atoms with E-state index in [1.807, 2.05) is 12.5 Å². The predicted octanol–water partition coefficient (Wildman–Crippen LogP) is 4.42. The van der Waals surface area contributed by atoms with E-state index in [1.54, 1.807) is 0 Å². The number of aromatic nitrogens is 3. The first-order valence-corrected chi connectivity index (χ1v) is 9.46. The van der Waals surface area contributed by atoms with Crippen molar-refractivity contribution in [2.75, 3.05) is 0 Å². The van der Waals surface area contributed by atoms with Crippen LogP contribution in [-0.4, -0.2) is 20.6 Å². The van der Waals surface area contributed by atoms with Crippen molar-refractivity contribution < 1.29 is 0 Å². The Morgan fingerprint density at radius 2 is 1.76 bits per heavy atom. The molecule has 2 saturated carbocycles. The molecule has 2 heterocycles. The molecule has 0 unspecified atom stereocenters. The maximum Gasteiger partial charge on any atom is 0.0960 e. The highest BCUT2D eigenvalue weighted by Crippen LogP contribution is 2.41. The molecule has 0 spiro atoms. The third-order valence-electron chi connectivity index (χ3n) is 5.84. The zero-order valence-corrected chi connectivity index (χ0v) is 14.4. The molecule has 0 atom stereocenters. The molecule has 128 valence electrons. The molecule has 5 rings (SSSR count). The minimum atomic E-state index is 0.371. The Hall–Kier alpha value is -2.20. The van der Waals surface area contributed by atoms with Gasteiger partial charge in [-0.3, -0.25) is 4.98 Å². The summed E-state index contributed by atoms with van der Waals surface area (Å²) in [6.45, 7) is 0. The normalized spacial score (nSPS) is 23.9. The highest BCUT2D eigenvalue weighted by Gasteiger charge is 2.24. The highest BCUT2D eigenvalue weighted by atomic mass is 15.1. The molecule has 0 saturated heterocycles. The second kappa shape index (κ2) is 5.95. The number of nitrogens with zero attached hydrogens (tertiary/aromatic N) is 3. The van der Waals surface area contributed by atoms with Crippen LogP contribution in [0.25, 0.3) is 22.3 Å². The van der Waals surface area contributed by atoms with Gasteiger partial charge in [-0.05, 0) is 74.3 Å². The minimum absolute atomic E-state index is 0.371. The lowest BCUT2D eigenvalue weighted by Gasteiger charge is -2.27. The molecule has 0 aliphatic heterocycles. The smallest absolute Gasteiger partial charge is 0.0960 e. The molecule has 0 amide bonds. The van der Waals surface area contributed by atoms with Crippen molar-refractivity contribution in [3.05, 3.63) is 48.4 Å². The summed E-state index contributed by atoms with van der Waals surface area (Å²) in [4.78, 5) is 9.23. The zero-order chi connectivity index (χ0) is 16.8. The van der Waals surface area contributed by atoms with Crippen LogP contribution in [0.2, 0.25) is 0 Å². The fourth-order valence-corrected chi connectivity index (χ4v) is 4.13. The van der Waals surface area contributed by atoms with Crippen LogP contribution < -0.4 is 5.73 Å². The summed E-state index contributed by atoms with van der Waals surface area (Å²) in [6, 6.07) is 11.8. The van der Waals surface area contributed by atoms with Crippen LogP contribution in [0.4, 0.5) is 0 Å². The summed E-state index contributed by atoms with van der Waals surface area (Å²) in [5.41, 5.74) is 12.0. The first-order chi connectivity index (χ1) is 12.3. The van der Waals surface area contributed by atoms with Crippen LogP contribution in [0.3, 0.4) is 0 Å². The SMILES string of the molecule is NC1CCC(n2cnc3ccc(-c4cc(C5CC5)ccn4)cc32)CC1. The minimum Gasteiger partial charge on any atom is -0.328 e. The molecule has 4 heteroatoms. The van der Waals surface area contributed by atoms with E-state index >= 15 is 0 Å². The lowest BCUT2D eigenvalue weighted by Crippen LogP contribution is -2.27. The fourth-order valence-electron chi connectivity index (χ4n) is 4.13. The van der Waals surface area contributed by atoms with Crippen LogP contribution in [0.1, 0.15) is 56.0 Å². The first kappa shape index (κ1) is 15.1. The van der Waals surface area contributed by atoms with Gasteiger partial charge in [0, 0.05) is 23.8 Å². The van der Waals surface area contributed by atoms with Gasteiger partial charge in [-0.1, -0.05) is 6.07 Å². The van der Waals surface area contributed by atoms with E-state index in [0.29, 0.717) is 12.1 Å². The average molecular weight is 332 g/mol. The van der Waals surface area contributed by atoms with Gasteiger partial charge in [-0.15, -0.1) is 0 Å². The van der Waals surface area contributed by atoms with Gasteiger partial charge in [0.05, 0.1) is 23.1 Å². The molecule has 2 aliphatic carbocycles. The predicted molar refractivity (Wildman–Crippen MR) is 100 cm³/mol. The van der Waals surface area contributed by atoms with Crippen molar-refractivity contribution in [3.63, 3.8) is 0 Å². The van der Waals surface area contributed by atoms with E-state index in [2.05, 4.69) is 44.9 Å². The number of benzene rings is 1. The number of nitrogens with two attached hydrogens (primary N) is 1. The van der Waals surface area contributed by atoms with Crippen molar-refractivity contribution in [2.45, 2.75) is 56.5 Å². The van der Waals surface area contributed by atoms with Gasteiger partial charge in [0.15, 0.2) is 0 Å². The molecule has 2 fully saturated rings. The molecular formula is C21H24N4. The van der Waals surface area contributed by atoms with Gasteiger partial charge in [-0.25, -0.2) is 4.98 Å². The molecule has 4 nitrogen and oxygen atoms in total. The largest absolute Gasteiger partial charge is 0.328 e. The third-order valence-corrected chi connectivity index (χ3v) is 5.84. The third kappa shape index (κ3) is 2.85. The van der Waals surface area contributed by atoms with E-state index in [0.717, 1.165) is 42.8 Å². The molecule has 1 aromatic carbocycles. The summed E-state index contributed by atoms with van der Waals surface area (Å²) < 4.78 is 2.36. The van der Waals surface area contributed by atoms with Crippen molar-refractivity contribution in [1.82, 2.24) is 14.5 Å². The molecule has 2 aromatic heterocycles. The molecular weight excluding hydrogens is 308 g/mol. The topological polar surface area (TPSA) is 56.7 Å². The monoisotopic (exact) mass is 332 g/mol. The van der Waals surface area contributed by atoms with Crippen LogP contribution in [0.15, 0.2) is 42.9 Å². The van der Waals surface area contributed by atoms with E-state index in [-0.39, 0.29) is 0 Å². The van der Waals surface area contributed by atoms with Crippen LogP contribution >= 0.6 is 0 Å². The van der Waals surface area contributed by atoms with E-state index in [1.165, 1.54) is 29.5 Å². The number of hydrogen-bond donors (Lipinski definition) is 1. The van der Waals surface area contributed by atoms with Crippen molar-refractivity contribution in [1.29, 1.82) is 0 Å². The Morgan fingerprint density at radius 3 is 2.56 bits per heavy atom. The molecule has 25 heavy (non-hydrogen) atoms. The molecule has 0 bridgehead atoms. The Morgan fingerprint density at radius 1 is 0.920 bits per heavy atom. The maximum atomic E-state index is 6.07. The first-order valence-electron chi connectivity index (χ1n) is 9.46. The number of rotatable bonds is 3. The lowest BCUT2D eigenvalue weighted by molar-refractivity contribution is 0.329. The molecule has 2 aliphatic rings. The van der Waals surface area contributed by atoms with E-state index < -0.39 is 0 Å². The zero-order valence-electron chi connectivity index (χ0n) is 14.4. The van der Waals surface area contributed by atoms with Gasteiger partial charge < -0.3 is 10.3 Å². The quantitative estimate of drug-likeness (QED) is 0.772. The summed E-state index contributed by atoms with van der Waals surface area (Å²) in [6.07, 6.45) is 11.1.